The van der Waals surface area contributed by atoms with E-state index >= 15 is 0 Å². The van der Waals surface area contributed by atoms with Gasteiger partial charge in [0.05, 0.1) is 33.0 Å². The Bertz CT molecular complexity index is 239. The molecule has 0 saturated carbocycles. The van der Waals surface area contributed by atoms with Crippen LogP contribution < -0.4 is 5.32 Å². The van der Waals surface area contributed by atoms with Gasteiger partial charge in [-0.25, -0.2) is 0 Å². The van der Waals surface area contributed by atoms with E-state index in [1.54, 1.807) is 42.7 Å². The maximum atomic E-state index is 4.98. The smallest absolute Gasteiger partial charge is 0.104 e. The van der Waals surface area contributed by atoms with Crippen molar-refractivity contribution >= 4 is 0 Å². The van der Waals surface area contributed by atoms with E-state index in [2.05, 4.69) is 38.7 Å². The summed E-state index contributed by atoms with van der Waals surface area (Å²) >= 11 is 0. The molecule has 0 unspecified atom stereocenters. The van der Waals surface area contributed by atoms with Crippen LogP contribution in [0.5, 0.6) is 0 Å². The molecule has 1 fully saturated rings. The molecule has 1 rings (SSSR count). The lowest BCUT2D eigenvalue weighted by Gasteiger charge is -2.28. The predicted molar refractivity (Wildman–Crippen MR) is 119 cm³/mol. The largest absolute Gasteiger partial charge is 0.383 e. The summed E-state index contributed by atoms with van der Waals surface area (Å²) in [5.74, 6) is 0. The quantitative estimate of drug-likeness (QED) is 0.468. The molecular formula is C20H49N3O6. The highest BCUT2D eigenvalue weighted by Crippen LogP contribution is 1.93. The first kappa shape index (κ1) is 33.3. The summed E-state index contributed by atoms with van der Waals surface area (Å²) in [6.45, 7) is 9.23. The highest BCUT2D eigenvalue weighted by atomic mass is 16.5. The molecule has 1 N–H and O–H groups in total. The summed E-state index contributed by atoms with van der Waals surface area (Å²) < 4.78 is 28.7. The summed E-state index contributed by atoms with van der Waals surface area (Å²) in [6, 6.07) is 0. The third-order valence-electron chi connectivity index (χ3n) is 3.81. The van der Waals surface area contributed by atoms with Crippen LogP contribution in [0.15, 0.2) is 0 Å². The van der Waals surface area contributed by atoms with E-state index < -0.39 is 0 Å². The molecule has 29 heavy (non-hydrogen) atoms. The van der Waals surface area contributed by atoms with Gasteiger partial charge in [0.1, 0.15) is 6.10 Å². The second kappa shape index (κ2) is 29.8. The average molecular weight is 428 g/mol. The van der Waals surface area contributed by atoms with Crippen LogP contribution in [0, 0.1) is 0 Å². The average Bonchev–Trinajstić information content (AvgIpc) is 2.74. The maximum absolute atomic E-state index is 4.98. The molecule has 0 spiro atoms. The Kier molecular flexibility index (Phi) is 34.2. The number of hydrogen-bond donors (Lipinski definition) is 1. The molecular weight excluding hydrogens is 378 g/mol. The third kappa shape index (κ3) is 32.5. The summed E-state index contributed by atoms with van der Waals surface area (Å²) in [5, 5.41) is 2.94. The Labute approximate surface area is 179 Å². The molecule has 0 amide bonds. The molecule has 9 heteroatoms. The Balaban J connectivity index is -0.000000316. The fourth-order valence-electron chi connectivity index (χ4n) is 1.83. The Morgan fingerprint density at radius 3 is 1.24 bits per heavy atom. The minimum Gasteiger partial charge on any atom is -0.383 e. The van der Waals surface area contributed by atoms with E-state index in [0.29, 0.717) is 26.4 Å². The van der Waals surface area contributed by atoms with Crippen molar-refractivity contribution in [1.82, 2.24) is 15.1 Å². The van der Waals surface area contributed by atoms with E-state index in [9.17, 15) is 0 Å². The van der Waals surface area contributed by atoms with Gasteiger partial charge in [0.25, 0.3) is 0 Å². The topological polar surface area (TPSA) is 73.9 Å². The molecule has 1 aliphatic heterocycles. The number of methoxy groups -OCH3 is 6. The lowest BCUT2D eigenvalue weighted by molar-refractivity contribution is -0.0178. The minimum absolute atomic E-state index is 0.0694. The summed E-state index contributed by atoms with van der Waals surface area (Å²) in [4.78, 5) is 4.72. The molecule has 0 aliphatic carbocycles. The standard InChI is InChI=1S/C6H14N2.C6H14O3.C4H11NO.C4H10O2/c1-7-3-5-8(2)6-4-7;1-7-4-6(9-3)5-8-2;2*1-5-3-4-6-2/h3-6H2,1-2H3;6H,4-5H2,1-3H3;5H,3-4H2,1-2H3;3-4H2,1-2H3. The first-order chi connectivity index (χ1) is 14.0. The van der Waals surface area contributed by atoms with Crippen molar-refractivity contribution in [3.05, 3.63) is 0 Å². The second-order valence-electron chi connectivity index (χ2n) is 6.46. The highest BCUT2D eigenvalue weighted by Gasteiger charge is 2.07. The normalized spacial score (nSPS) is 14.3. The molecule has 0 aromatic rings. The monoisotopic (exact) mass is 427 g/mol. The zero-order valence-corrected chi connectivity index (χ0v) is 20.5. The first-order valence-corrected chi connectivity index (χ1v) is 9.96. The fraction of sp³-hybridized carbons (Fsp3) is 1.00. The number of piperazine rings is 1. The van der Waals surface area contributed by atoms with Crippen LogP contribution in [-0.4, -0.2) is 145 Å². The molecule has 0 radical (unpaired) electrons. The SMILES string of the molecule is CN1CCN(C)CC1.CNCCOC.COCC(COC)OC.COCCOC. The minimum atomic E-state index is 0.0694. The first-order valence-electron chi connectivity index (χ1n) is 9.96. The van der Waals surface area contributed by atoms with Gasteiger partial charge in [-0.1, -0.05) is 0 Å². The van der Waals surface area contributed by atoms with Crippen molar-refractivity contribution in [3.63, 3.8) is 0 Å². The predicted octanol–water partition coefficient (Wildman–Crippen LogP) is 0.289. The van der Waals surface area contributed by atoms with E-state index in [4.69, 9.17) is 18.9 Å². The van der Waals surface area contributed by atoms with Gasteiger partial charge in [-0.15, -0.1) is 0 Å². The van der Waals surface area contributed by atoms with Crippen molar-refractivity contribution in [3.8, 4) is 0 Å². The Morgan fingerprint density at radius 1 is 0.655 bits per heavy atom. The van der Waals surface area contributed by atoms with Crippen molar-refractivity contribution < 1.29 is 28.4 Å². The van der Waals surface area contributed by atoms with Gasteiger partial charge in [0.15, 0.2) is 0 Å². The lowest BCUT2D eigenvalue weighted by Crippen LogP contribution is -2.42. The van der Waals surface area contributed by atoms with Crippen molar-refractivity contribution in [2.45, 2.75) is 6.10 Å². The van der Waals surface area contributed by atoms with Crippen LogP contribution in [0.4, 0.5) is 0 Å². The van der Waals surface area contributed by atoms with Crippen LogP contribution in [0.2, 0.25) is 0 Å². The van der Waals surface area contributed by atoms with E-state index in [1.807, 2.05) is 7.05 Å². The molecule has 0 aromatic heterocycles. The van der Waals surface area contributed by atoms with E-state index in [1.165, 1.54) is 26.2 Å². The zero-order valence-electron chi connectivity index (χ0n) is 20.5. The molecule has 0 aromatic carbocycles. The zero-order chi connectivity index (χ0) is 22.8. The van der Waals surface area contributed by atoms with Crippen molar-refractivity contribution in [2.75, 3.05) is 130 Å². The number of nitrogens with one attached hydrogen (secondary N) is 1. The number of likely N-dealkylation sites (N-methyl/N-ethyl adjacent to an activating group) is 3. The van der Waals surface area contributed by atoms with Gasteiger partial charge in [-0.2, -0.15) is 0 Å². The number of rotatable bonds is 11. The van der Waals surface area contributed by atoms with Gasteiger partial charge >= 0.3 is 0 Å². The number of hydrogen-bond acceptors (Lipinski definition) is 9. The van der Waals surface area contributed by atoms with Crippen LogP contribution >= 0.6 is 0 Å². The van der Waals surface area contributed by atoms with Gasteiger partial charge in [-0.05, 0) is 21.1 Å². The van der Waals surface area contributed by atoms with E-state index in [0.717, 1.165) is 13.2 Å². The second-order valence-corrected chi connectivity index (χ2v) is 6.46. The summed E-state index contributed by atoms with van der Waals surface area (Å²) in [6.07, 6.45) is 0.0694. The van der Waals surface area contributed by atoms with Crippen LogP contribution in [-0.2, 0) is 28.4 Å². The Morgan fingerprint density at radius 2 is 1.03 bits per heavy atom. The molecule has 1 aliphatic rings. The number of ether oxygens (including phenoxy) is 6. The van der Waals surface area contributed by atoms with Gasteiger partial charge in [0, 0.05) is 75.4 Å². The molecule has 9 nitrogen and oxygen atoms in total. The van der Waals surface area contributed by atoms with Crippen molar-refractivity contribution in [1.29, 1.82) is 0 Å². The maximum Gasteiger partial charge on any atom is 0.104 e. The fourth-order valence-corrected chi connectivity index (χ4v) is 1.83. The summed E-state index contributed by atoms with van der Waals surface area (Å²) in [7, 11) is 16.2. The van der Waals surface area contributed by atoms with Gasteiger partial charge in [-0.3, -0.25) is 0 Å². The lowest BCUT2D eigenvalue weighted by atomic mass is 10.4. The van der Waals surface area contributed by atoms with E-state index in [-0.39, 0.29) is 6.10 Å². The molecule has 0 bridgehead atoms. The third-order valence-corrected chi connectivity index (χ3v) is 3.81. The number of nitrogens with zero attached hydrogens (tertiary/aromatic N) is 2. The van der Waals surface area contributed by atoms with Gasteiger partial charge in [0.2, 0.25) is 0 Å². The molecule has 1 heterocycles. The Hall–Kier alpha value is -0.360. The molecule has 1 saturated heterocycles. The molecule has 0 atom stereocenters. The van der Waals surface area contributed by atoms with Crippen molar-refractivity contribution in [2.24, 2.45) is 0 Å². The van der Waals surface area contributed by atoms with Crippen LogP contribution in [0.3, 0.4) is 0 Å². The highest BCUT2D eigenvalue weighted by molar-refractivity contribution is 4.64. The molecule has 180 valence electrons. The van der Waals surface area contributed by atoms with Crippen LogP contribution in [0.1, 0.15) is 0 Å². The summed E-state index contributed by atoms with van der Waals surface area (Å²) in [5.41, 5.74) is 0. The van der Waals surface area contributed by atoms with Gasteiger partial charge < -0.3 is 43.5 Å². The van der Waals surface area contributed by atoms with Crippen LogP contribution in [0.25, 0.3) is 0 Å².